The van der Waals surface area contributed by atoms with Crippen molar-refractivity contribution in [1.29, 1.82) is 5.26 Å². The number of amides is 1. The molecule has 25 heavy (non-hydrogen) atoms. The first kappa shape index (κ1) is 17.1. The summed E-state index contributed by atoms with van der Waals surface area (Å²) < 4.78 is 0. The van der Waals surface area contributed by atoms with Crippen molar-refractivity contribution in [3.05, 3.63) is 52.2 Å². The van der Waals surface area contributed by atoms with Gasteiger partial charge < -0.3 is 15.5 Å². The molecular formula is C18H19N5OS. The maximum absolute atomic E-state index is 12.3. The van der Waals surface area contributed by atoms with Crippen molar-refractivity contribution in [2.75, 3.05) is 24.2 Å². The number of rotatable bonds is 4. The molecular weight excluding hydrogens is 334 g/mol. The summed E-state index contributed by atoms with van der Waals surface area (Å²) >= 11 is 1.56. The molecule has 1 aliphatic rings. The van der Waals surface area contributed by atoms with Gasteiger partial charge in [-0.3, -0.25) is 4.79 Å². The minimum atomic E-state index is -0.439. The number of thiazole rings is 1. The molecule has 3 rings (SSSR count). The molecule has 1 aromatic carbocycles. The van der Waals surface area contributed by atoms with Crippen molar-refractivity contribution in [1.82, 2.24) is 9.88 Å². The van der Waals surface area contributed by atoms with Crippen LogP contribution in [-0.2, 0) is 17.8 Å². The van der Waals surface area contributed by atoms with E-state index < -0.39 is 5.91 Å². The van der Waals surface area contributed by atoms with Gasteiger partial charge in [-0.1, -0.05) is 18.2 Å². The van der Waals surface area contributed by atoms with Crippen LogP contribution in [0.3, 0.4) is 0 Å². The highest BCUT2D eigenvalue weighted by Crippen LogP contribution is 2.27. The summed E-state index contributed by atoms with van der Waals surface area (Å²) in [6.45, 7) is 3.78. The van der Waals surface area contributed by atoms with Crippen molar-refractivity contribution in [2.24, 2.45) is 0 Å². The second-order valence-electron chi connectivity index (χ2n) is 5.96. The number of hydrogen-bond acceptors (Lipinski definition) is 6. The number of benzene rings is 1. The SMILES string of the molecule is Cc1ccccc1NC(=O)/C(C#N)=C\Nc1nc2c(s1)CN(C)CC2. The van der Waals surface area contributed by atoms with Crippen molar-refractivity contribution in [3.8, 4) is 6.07 Å². The molecule has 0 radical (unpaired) electrons. The van der Waals surface area contributed by atoms with E-state index in [1.54, 1.807) is 17.4 Å². The Morgan fingerprint density at radius 2 is 2.24 bits per heavy atom. The third-order valence-corrected chi connectivity index (χ3v) is 5.03. The standard InChI is InChI=1S/C18H19N5OS/c1-12-5-3-4-6-14(12)21-17(24)13(9-19)10-20-18-22-15-7-8-23(2)11-16(15)25-18/h3-6,10H,7-8,11H2,1-2H3,(H,20,22)(H,21,24)/b13-10-. The van der Waals surface area contributed by atoms with Crippen LogP contribution in [-0.4, -0.2) is 29.4 Å². The first-order valence-electron chi connectivity index (χ1n) is 7.97. The van der Waals surface area contributed by atoms with Crippen LogP contribution < -0.4 is 10.6 Å². The maximum atomic E-state index is 12.3. The average molecular weight is 353 g/mol. The Labute approximate surface area is 150 Å². The van der Waals surface area contributed by atoms with Gasteiger partial charge in [0.2, 0.25) is 0 Å². The topological polar surface area (TPSA) is 81.0 Å². The van der Waals surface area contributed by atoms with E-state index in [2.05, 4.69) is 27.6 Å². The molecule has 0 fully saturated rings. The minimum Gasteiger partial charge on any atom is -0.337 e. The van der Waals surface area contributed by atoms with E-state index in [9.17, 15) is 10.1 Å². The first-order valence-corrected chi connectivity index (χ1v) is 8.79. The normalized spacial score (nSPS) is 14.5. The fourth-order valence-corrected chi connectivity index (χ4v) is 3.63. The van der Waals surface area contributed by atoms with Crippen molar-refractivity contribution in [3.63, 3.8) is 0 Å². The summed E-state index contributed by atoms with van der Waals surface area (Å²) in [5, 5.41) is 15.7. The van der Waals surface area contributed by atoms with Crippen molar-refractivity contribution >= 4 is 28.1 Å². The first-order chi connectivity index (χ1) is 12.1. The molecule has 0 saturated heterocycles. The quantitative estimate of drug-likeness (QED) is 0.652. The van der Waals surface area contributed by atoms with Gasteiger partial charge in [-0.15, -0.1) is 11.3 Å². The molecule has 6 nitrogen and oxygen atoms in total. The smallest absolute Gasteiger partial charge is 0.267 e. The molecule has 0 saturated carbocycles. The summed E-state index contributed by atoms with van der Waals surface area (Å²) in [7, 11) is 2.08. The van der Waals surface area contributed by atoms with E-state index in [1.165, 1.54) is 11.1 Å². The van der Waals surface area contributed by atoms with Gasteiger partial charge in [0.15, 0.2) is 5.13 Å². The zero-order chi connectivity index (χ0) is 17.8. The largest absolute Gasteiger partial charge is 0.337 e. The van der Waals surface area contributed by atoms with Crippen molar-refractivity contribution in [2.45, 2.75) is 19.9 Å². The van der Waals surface area contributed by atoms with Crippen LogP contribution in [0.1, 0.15) is 16.1 Å². The third kappa shape index (κ3) is 4.05. The molecule has 128 valence electrons. The van der Waals surface area contributed by atoms with E-state index in [0.717, 1.165) is 30.8 Å². The molecule has 0 spiro atoms. The van der Waals surface area contributed by atoms with E-state index in [1.807, 2.05) is 31.2 Å². The van der Waals surface area contributed by atoms with Crippen LogP contribution in [0.25, 0.3) is 0 Å². The minimum absolute atomic E-state index is 0.00791. The molecule has 0 atom stereocenters. The zero-order valence-electron chi connectivity index (χ0n) is 14.2. The number of aryl methyl sites for hydroxylation is 1. The van der Waals surface area contributed by atoms with E-state index in [0.29, 0.717) is 10.8 Å². The highest BCUT2D eigenvalue weighted by atomic mass is 32.1. The fourth-order valence-electron chi connectivity index (χ4n) is 2.57. The van der Waals surface area contributed by atoms with Crippen LogP contribution in [0.4, 0.5) is 10.8 Å². The maximum Gasteiger partial charge on any atom is 0.267 e. The second kappa shape index (κ2) is 7.47. The van der Waals surface area contributed by atoms with Gasteiger partial charge in [0, 0.05) is 36.3 Å². The second-order valence-corrected chi connectivity index (χ2v) is 7.04. The van der Waals surface area contributed by atoms with Gasteiger partial charge in [-0.2, -0.15) is 5.26 Å². The van der Waals surface area contributed by atoms with Crippen molar-refractivity contribution < 1.29 is 4.79 Å². The number of hydrogen-bond donors (Lipinski definition) is 2. The number of para-hydroxylation sites is 1. The monoisotopic (exact) mass is 353 g/mol. The highest BCUT2D eigenvalue weighted by molar-refractivity contribution is 7.15. The lowest BCUT2D eigenvalue weighted by Crippen LogP contribution is -2.25. The van der Waals surface area contributed by atoms with Gasteiger partial charge in [0.1, 0.15) is 11.6 Å². The van der Waals surface area contributed by atoms with Crippen LogP contribution in [0, 0.1) is 18.3 Å². The van der Waals surface area contributed by atoms with Crippen LogP contribution in [0.2, 0.25) is 0 Å². The predicted octanol–water partition coefficient (Wildman–Crippen LogP) is 2.90. The van der Waals surface area contributed by atoms with Crippen LogP contribution >= 0.6 is 11.3 Å². The molecule has 7 heteroatoms. The highest BCUT2D eigenvalue weighted by Gasteiger charge is 2.18. The number of nitrogens with one attached hydrogen (secondary N) is 2. The molecule has 0 bridgehead atoms. The Kier molecular flexibility index (Phi) is 5.12. The zero-order valence-corrected chi connectivity index (χ0v) is 15.0. The van der Waals surface area contributed by atoms with Crippen LogP contribution in [0.15, 0.2) is 36.0 Å². The van der Waals surface area contributed by atoms with Gasteiger partial charge in [-0.05, 0) is 25.6 Å². The molecule has 1 aliphatic heterocycles. The number of likely N-dealkylation sites (N-methyl/N-ethyl adjacent to an activating group) is 1. The summed E-state index contributed by atoms with van der Waals surface area (Å²) in [6.07, 6.45) is 2.34. The average Bonchev–Trinajstić information content (AvgIpc) is 2.99. The van der Waals surface area contributed by atoms with E-state index in [-0.39, 0.29) is 5.57 Å². The van der Waals surface area contributed by atoms with Gasteiger partial charge in [0.05, 0.1) is 5.69 Å². The Bertz CT molecular complexity index is 865. The number of carbonyl (C=O) groups is 1. The van der Waals surface area contributed by atoms with Gasteiger partial charge in [-0.25, -0.2) is 4.98 Å². The number of nitriles is 1. The Hall–Kier alpha value is -2.69. The van der Waals surface area contributed by atoms with E-state index >= 15 is 0 Å². The van der Waals surface area contributed by atoms with Gasteiger partial charge in [0.25, 0.3) is 5.91 Å². The molecule has 0 unspecified atom stereocenters. The summed E-state index contributed by atoms with van der Waals surface area (Å²) in [4.78, 5) is 20.3. The molecule has 2 N–H and O–H groups in total. The number of aromatic nitrogens is 1. The molecule has 0 aliphatic carbocycles. The number of anilines is 2. The Balaban J connectivity index is 1.70. The fraction of sp³-hybridized carbons (Fsp3) is 0.278. The molecule has 2 aromatic rings. The van der Waals surface area contributed by atoms with E-state index in [4.69, 9.17) is 0 Å². The lowest BCUT2D eigenvalue weighted by atomic mass is 10.2. The Morgan fingerprint density at radius 1 is 1.44 bits per heavy atom. The lowest BCUT2D eigenvalue weighted by molar-refractivity contribution is -0.112. The number of carbonyl (C=O) groups excluding carboxylic acids is 1. The molecule has 2 heterocycles. The number of fused-ring (bicyclic) bond motifs is 1. The Morgan fingerprint density at radius 3 is 3.00 bits per heavy atom. The molecule has 1 amide bonds. The van der Waals surface area contributed by atoms with Gasteiger partial charge >= 0.3 is 0 Å². The van der Waals surface area contributed by atoms with Crippen LogP contribution in [0.5, 0.6) is 0 Å². The summed E-state index contributed by atoms with van der Waals surface area (Å²) in [5.41, 5.74) is 2.75. The lowest BCUT2D eigenvalue weighted by Gasteiger charge is -2.20. The predicted molar refractivity (Wildman–Crippen MR) is 99.3 cm³/mol. The summed E-state index contributed by atoms with van der Waals surface area (Å²) in [5.74, 6) is -0.439. The molecule has 1 aromatic heterocycles. The number of nitrogens with zero attached hydrogens (tertiary/aromatic N) is 3. The third-order valence-electron chi connectivity index (χ3n) is 4.02. The summed E-state index contributed by atoms with van der Waals surface area (Å²) in [6, 6.07) is 9.38.